The number of carbonyl (C=O) groups is 3. The lowest BCUT2D eigenvalue weighted by molar-refractivity contribution is -0.122. The van der Waals surface area contributed by atoms with E-state index in [1.165, 1.54) is 38.5 Å². The highest BCUT2D eigenvalue weighted by molar-refractivity contribution is 6.16. The van der Waals surface area contributed by atoms with Crippen LogP contribution in [0.25, 0.3) is 6.08 Å². The number of nitrogens with zero attached hydrogens (tertiary/aromatic N) is 1. The summed E-state index contributed by atoms with van der Waals surface area (Å²) in [4.78, 5) is 45.8. The zero-order chi connectivity index (χ0) is 29.9. The van der Waals surface area contributed by atoms with Crippen molar-refractivity contribution in [2.24, 2.45) is 5.92 Å². The first kappa shape index (κ1) is 26.6. The lowest BCUT2D eigenvalue weighted by Gasteiger charge is -2.38. The van der Waals surface area contributed by atoms with E-state index in [0.29, 0.717) is 28.3 Å². The molecule has 43 heavy (non-hydrogen) atoms. The number of ketones is 2. The van der Waals surface area contributed by atoms with Crippen molar-refractivity contribution in [3.63, 3.8) is 0 Å². The van der Waals surface area contributed by atoms with Gasteiger partial charge in [0.1, 0.15) is 17.3 Å². The third-order valence-corrected chi connectivity index (χ3v) is 8.92. The Bertz CT molecular complexity index is 1830. The predicted octanol–water partition coefficient (Wildman–Crippen LogP) is 5.82. The monoisotopic (exact) mass is 574 g/mol. The summed E-state index contributed by atoms with van der Waals surface area (Å²) in [6.45, 7) is 0. The number of benzene rings is 4. The summed E-state index contributed by atoms with van der Waals surface area (Å²) in [5.74, 6) is -1.98. The second kappa shape index (κ2) is 9.94. The molecule has 3 aliphatic heterocycles. The molecular formula is C35H27FN2O5. The predicted molar refractivity (Wildman–Crippen MR) is 159 cm³/mol. The van der Waals surface area contributed by atoms with E-state index in [1.807, 2.05) is 59.6 Å². The average molecular weight is 575 g/mol. The standard InChI is InChI=1S/C35H27FN2O5/c1-42-27-16-13-22(19-28(27)43-2)32(40)30-29(31(39)21-11-14-23(36)15-12-21)35(25-9-5-6-10-26(25)37-34(35)41)33-24-8-4-3-7-20(24)17-18-38(30)33/h3-19,29-30,33H,1-2H3,(H,37,41)/t29-,30+,33+,35-/m1/s1. The van der Waals surface area contributed by atoms with Crippen molar-refractivity contribution < 1.29 is 28.2 Å². The van der Waals surface area contributed by atoms with Gasteiger partial charge in [0.25, 0.3) is 0 Å². The van der Waals surface area contributed by atoms with Gasteiger partial charge in [-0.2, -0.15) is 0 Å². The highest BCUT2D eigenvalue weighted by Crippen LogP contribution is 2.62. The van der Waals surface area contributed by atoms with E-state index in [2.05, 4.69) is 5.32 Å². The normalized spacial score (nSPS) is 22.9. The first-order valence-corrected chi connectivity index (χ1v) is 13.9. The van der Waals surface area contributed by atoms with Crippen LogP contribution in [-0.4, -0.2) is 42.6 Å². The zero-order valence-corrected chi connectivity index (χ0v) is 23.4. The van der Waals surface area contributed by atoms with E-state index in [0.717, 1.165) is 11.1 Å². The van der Waals surface area contributed by atoms with Crippen LogP contribution in [-0.2, 0) is 10.2 Å². The minimum Gasteiger partial charge on any atom is -0.493 e. The fraction of sp³-hybridized carbons (Fsp3) is 0.171. The van der Waals surface area contributed by atoms with Crippen molar-refractivity contribution in [1.29, 1.82) is 0 Å². The van der Waals surface area contributed by atoms with Gasteiger partial charge in [-0.3, -0.25) is 14.4 Å². The van der Waals surface area contributed by atoms with Crippen molar-refractivity contribution in [3.05, 3.63) is 131 Å². The number of nitrogens with one attached hydrogen (secondary N) is 1. The van der Waals surface area contributed by atoms with E-state index < -0.39 is 35.0 Å². The van der Waals surface area contributed by atoms with Gasteiger partial charge in [0, 0.05) is 23.0 Å². The Kier molecular flexibility index (Phi) is 6.16. The second-order valence-corrected chi connectivity index (χ2v) is 10.9. The molecule has 1 N–H and O–H groups in total. The third kappa shape index (κ3) is 3.75. The van der Waals surface area contributed by atoms with Gasteiger partial charge in [-0.25, -0.2) is 4.39 Å². The number of ether oxygens (including phenoxy) is 2. The minimum absolute atomic E-state index is 0.213. The van der Waals surface area contributed by atoms with E-state index >= 15 is 0 Å². The Morgan fingerprint density at radius 3 is 2.30 bits per heavy atom. The number of Topliss-reactive ketones (excluding diaryl/α,β-unsaturated/α-hetero) is 2. The average Bonchev–Trinajstić information content (AvgIpc) is 3.52. The summed E-state index contributed by atoms with van der Waals surface area (Å²) in [6.07, 6.45) is 3.71. The number of carbonyl (C=O) groups excluding carboxylic acids is 3. The van der Waals surface area contributed by atoms with Crippen LogP contribution in [0.3, 0.4) is 0 Å². The minimum atomic E-state index is -1.47. The molecule has 0 unspecified atom stereocenters. The number of amides is 1. The maximum absolute atomic E-state index is 14.7. The molecule has 0 saturated carbocycles. The first-order chi connectivity index (χ1) is 20.9. The van der Waals surface area contributed by atoms with Crippen LogP contribution >= 0.6 is 0 Å². The fourth-order valence-corrected chi connectivity index (χ4v) is 7.12. The van der Waals surface area contributed by atoms with Crippen LogP contribution < -0.4 is 14.8 Å². The molecule has 1 amide bonds. The molecule has 0 radical (unpaired) electrons. The number of methoxy groups -OCH3 is 2. The van der Waals surface area contributed by atoms with Gasteiger partial charge in [-0.05, 0) is 71.3 Å². The molecule has 214 valence electrons. The molecule has 0 bridgehead atoms. The highest BCUT2D eigenvalue weighted by Gasteiger charge is 2.70. The van der Waals surface area contributed by atoms with E-state index in [4.69, 9.17) is 9.47 Å². The number of rotatable bonds is 6. The van der Waals surface area contributed by atoms with Crippen molar-refractivity contribution in [2.75, 3.05) is 19.5 Å². The maximum Gasteiger partial charge on any atom is 0.238 e. The molecule has 3 aliphatic rings. The molecule has 8 heteroatoms. The number of hydrogen-bond acceptors (Lipinski definition) is 6. The van der Waals surface area contributed by atoms with Crippen molar-refractivity contribution in [3.8, 4) is 11.5 Å². The van der Waals surface area contributed by atoms with Gasteiger partial charge in [0.05, 0.1) is 26.2 Å². The quantitative estimate of drug-likeness (QED) is 0.292. The van der Waals surface area contributed by atoms with E-state index in [1.54, 1.807) is 24.3 Å². The van der Waals surface area contributed by atoms with Gasteiger partial charge in [-0.1, -0.05) is 42.5 Å². The fourth-order valence-electron chi connectivity index (χ4n) is 7.12. The van der Waals surface area contributed by atoms with Crippen molar-refractivity contribution in [2.45, 2.75) is 17.5 Å². The molecule has 4 aromatic rings. The molecule has 7 rings (SSSR count). The third-order valence-electron chi connectivity index (χ3n) is 8.92. The summed E-state index contributed by atoms with van der Waals surface area (Å²) >= 11 is 0. The summed E-state index contributed by atoms with van der Waals surface area (Å²) in [5, 5.41) is 3.02. The molecule has 0 aromatic heterocycles. The second-order valence-electron chi connectivity index (χ2n) is 10.9. The molecule has 7 nitrogen and oxygen atoms in total. The van der Waals surface area contributed by atoms with Crippen LogP contribution in [0.5, 0.6) is 11.5 Å². The smallest absolute Gasteiger partial charge is 0.238 e. The Morgan fingerprint density at radius 1 is 0.837 bits per heavy atom. The summed E-state index contributed by atoms with van der Waals surface area (Å²) in [5.41, 5.74) is 2.00. The molecule has 1 fully saturated rings. The number of halogens is 1. The number of fused-ring (bicyclic) bond motifs is 6. The first-order valence-electron chi connectivity index (χ1n) is 13.9. The van der Waals surface area contributed by atoms with Crippen LogP contribution in [0.1, 0.15) is 43.4 Å². The molecular weight excluding hydrogens is 547 g/mol. The van der Waals surface area contributed by atoms with Gasteiger partial charge in [0.2, 0.25) is 5.91 Å². The summed E-state index contributed by atoms with van der Waals surface area (Å²) in [7, 11) is 2.99. The molecule has 1 spiro atoms. The van der Waals surface area contributed by atoms with Gasteiger partial charge in [-0.15, -0.1) is 0 Å². The number of para-hydroxylation sites is 1. The molecule has 4 atom stereocenters. The lowest BCUT2D eigenvalue weighted by Crippen LogP contribution is -2.49. The topological polar surface area (TPSA) is 84.9 Å². The van der Waals surface area contributed by atoms with E-state index in [-0.39, 0.29) is 17.3 Å². The van der Waals surface area contributed by atoms with E-state index in [9.17, 15) is 18.8 Å². The molecule has 0 aliphatic carbocycles. The molecule has 3 heterocycles. The Morgan fingerprint density at radius 2 is 1.53 bits per heavy atom. The van der Waals surface area contributed by atoms with Crippen LogP contribution in [0.15, 0.2) is 97.2 Å². The Hall–Kier alpha value is -5.24. The highest BCUT2D eigenvalue weighted by atomic mass is 19.1. The van der Waals surface area contributed by atoms with Gasteiger partial charge in [0.15, 0.2) is 23.1 Å². The number of hydrogen-bond donors (Lipinski definition) is 1. The zero-order valence-electron chi connectivity index (χ0n) is 23.4. The Balaban J connectivity index is 1.51. The lowest BCUT2D eigenvalue weighted by atomic mass is 9.62. The van der Waals surface area contributed by atoms with Crippen LogP contribution in [0.2, 0.25) is 0 Å². The molecule has 4 aromatic carbocycles. The van der Waals surface area contributed by atoms with Crippen molar-refractivity contribution >= 4 is 29.2 Å². The van der Waals surface area contributed by atoms with Crippen LogP contribution in [0, 0.1) is 11.7 Å². The SMILES string of the molecule is COc1ccc(C(=O)[C@@H]2[C@H](C(=O)c3ccc(F)cc3)[C@@]3(C(=O)Nc4ccccc43)[C@@H]3c4ccccc4C=CN23)cc1OC. The van der Waals surface area contributed by atoms with Gasteiger partial charge >= 0.3 is 0 Å². The van der Waals surface area contributed by atoms with Gasteiger partial charge < -0.3 is 19.7 Å². The summed E-state index contributed by atoms with van der Waals surface area (Å²) in [6, 6.07) is 23.3. The largest absolute Gasteiger partial charge is 0.493 e. The maximum atomic E-state index is 14.7. The Labute approximate surface area is 247 Å². The van der Waals surface area contributed by atoms with Crippen LogP contribution in [0.4, 0.5) is 10.1 Å². The summed E-state index contributed by atoms with van der Waals surface area (Å²) < 4.78 is 24.8. The van der Waals surface area contributed by atoms with Crippen molar-refractivity contribution in [1.82, 2.24) is 4.90 Å². The molecule has 1 saturated heterocycles. The number of anilines is 1.